The molecule has 3 heteroatoms. The van der Waals surface area contributed by atoms with Crippen LogP contribution in [0.3, 0.4) is 0 Å². The SMILES string of the molecule is CC1(CO)CCOCO1. The van der Waals surface area contributed by atoms with E-state index < -0.39 is 0 Å². The minimum Gasteiger partial charge on any atom is -0.393 e. The van der Waals surface area contributed by atoms with Crippen LogP contribution in [-0.2, 0) is 9.47 Å². The van der Waals surface area contributed by atoms with E-state index in [0.29, 0.717) is 13.4 Å². The van der Waals surface area contributed by atoms with Crippen molar-refractivity contribution >= 4 is 0 Å². The second kappa shape index (κ2) is 2.64. The molecule has 1 fully saturated rings. The molecule has 0 aliphatic carbocycles. The van der Waals surface area contributed by atoms with Gasteiger partial charge in [0.2, 0.25) is 0 Å². The van der Waals surface area contributed by atoms with E-state index in [1.165, 1.54) is 0 Å². The van der Waals surface area contributed by atoms with E-state index in [-0.39, 0.29) is 12.2 Å². The highest BCUT2D eigenvalue weighted by Gasteiger charge is 2.26. The maximum Gasteiger partial charge on any atom is 0.147 e. The average molecular weight is 132 g/mol. The highest BCUT2D eigenvalue weighted by Crippen LogP contribution is 2.18. The Morgan fingerprint density at radius 2 is 2.44 bits per heavy atom. The lowest BCUT2D eigenvalue weighted by Crippen LogP contribution is -2.39. The van der Waals surface area contributed by atoms with Gasteiger partial charge in [-0.3, -0.25) is 0 Å². The summed E-state index contributed by atoms with van der Waals surface area (Å²) in [5.74, 6) is 0. The summed E-state index contributed by atoms with van der Waals surface area (Å²) in [4.78, 5) is 0. The maximum absolute atomic E-state index is 8.77. The van der Waals surface area contributed by atoms with Crippen molar-refractivity contribution in [3.63, 3.8) is 0 Å². The molecule has 0 spiro atoms. The Bertz CT molecular complexity index is 86.3. The fourth-order valence-corrected chi connectivity index (χ4v) is 0.728. The molecular weight excluding hydrogens is 120 g/mol. The van der Waals surface area contributed by atoms with Crippen LogP contribution in [0.4, 0.5) is 0 Å². The first-order chi connectivity index (χ1) is 4.27. The van der Waals surface area contributed by atoms with Crippen molar-refractivity contribution < 1.29 is 14.6 Å². The first-order valence-electron chi connectivity index (χ1n) is 3.09. The third-order valence-corrected chi connectivity index (χ3v) is 1.60. The van der Waals surface area contributed by atoms with Gasteiger partial charge in [-0.1, -0.05) is 0 Å². The molecule has 9 heavy (non-hydrogen) atoms. The molecule has 0 saturated carbocycles. The largest absolute Gasteiger partial charge is 0.393 e. The van der Waals surface area contributed by atoms with Crippen molar-refractivity contribution in [2.24, 2.45) is 0 Å². The molecule has 0 amide bonds. The van der Waals surface area contributed by atoms with Crippen LogP contribution in [-0.4, -0.2) is 30.7 Å². The van der Waals surface area contributed by atoms with E-state index in [4.69, 9.17) is 14.6 Å². The highest BCUT2D eigenvalue weighted by atomic mass is 16.7. The van der Waals surface area contributed by atoms with Crippen molar-refractivity contribution in [2.75, 3.05) is 20.0 Å². The van der Waals surface area contributed by atoms with Crippen LogP contribution >= 0.6 is 0 Å². The Morgan fingerprint density at radius 3 is 2.78 bits per heavy atom. The summed E-state index contributed by atoms with van der Waals surface area (Å²) in [5, 5.41) is 8.77. The van der Waals surface area contributed by atoms with Gasteiger partial charge in [0.25, 0.3) is 0 Å². The average Bonchev–Trinajstić information content (AvgIpc) is 1.90. The molecule has 1 N–H and O–H groups in total. The second-order valence-corrected chi connectivity index (χ2v) is 2.53. The third kappa shape index (κ3) is 1.64. The molecule has 1 saturated heterocycles. The summed E-state index contributed by atoms with van der Waals surface area (Å²) in [6, 6.07) is 0. The van der Waals surface area contributed by atoms with E-state index in [1.54, 1.807) is 0 Å². The molecule has 3 nitrogen and oxygen atoms in total. The maximum atomic E-state index is 8.77. The van der Waals surface area contributed by atoms with E-state index in [1.807, 2.05) is 6.92 Å². The summed E-state index contributed by atoms with van der Waals surface area (Å²) in [7, 11) is 0. The minimum absolute atomic E-state index is 0.0797. The number of hydrogen-bond acceptors (Lipinski definition) is 3. The Kier molecular flexibility index (Phi) is 2.05. The van der Waals surface area contributed by atoms with Gasteiger partial charge < -0.3 is 14.6 Å². The van der Waals surface area contributed by atoms with E-state index in [9.17, 15) is 0 Å². The highest BCUT2D eigenvalue weighted by molar-refractivity contribution is 4.74. The lowest BCUT2D eigenvalue weighted by Gasteiger charge is -2.31. The monoisotopic (exact) mass is 132 g/mol. The fourth-order valence-electron chi connectivity index (χ4n) is 0.728. The Morgan fingerprint density at radius 1 is 1.67 bits per heavy atom. The second-order valence-electron chi connectivity index (χ2n) is 2.53. The van der Waals surface area contributed by atoms with Crippen LogP contribution in [0.15, 0.2) is 0 Å². The van der Waals surface area contributed by atoms with Crippen LogP contribution in [0.2, 0.25) is 0 Å². The van der Waals surface area contributed by atoms with Gasteiger partial charge in [0.15, 0.2) is 0 Å². The zero-order chi connectivity index (χ0) is 6.74. The van der Waals surface area contributed by atoms with Crippen LogP contribution in [0.5, 0.6) is 0 Å². The molecule has 1 unspecified atom stereocenters. The van der Waals surface area contributed by atoms with Gasteiger partial charge in [-0.15, -0.1) is 0 Å². The summed E-state index contributed by atoms with van der Waals surface area (Å²) in [5.41, 5.74) is -0.349. The fraction of sp³-hybridized carbons (Fsp3) is 1.00. The topological polar surface area (TPSA) is 38.7 Å². The first-order valence-corrected chi connectivity index (χ1v) is 3.09. The first kappa shape index (κ1) is 6.99. The van der Waals surface area contributed by atoms with Gasteiger partial charge in [-0.2, -0.15) is 0 Å². The molecule has 1 aliphatic rings. The van der Waals surface area contributed by atoms with Crippen LogP contribution in [0.25, 0.3) is 0 Å². The number of aliphatic hydroxyl groups excluding tert-OH is 1. The Labute approximate surface area is 54.6 Å². The van der Waals surface area contributed by atoms with Crippen LogP contribution in [0.1, 0.15) is 13.3 Å². The van der Waals surface area contributed by atoms with Gasteiger partial charge in [0, 0.05) is 6.42 Å². The van der Waals surface area contributed by atoms with Gasteiger partial charge in [-0.05, 0) is 6.92 Å². The quantitative estimate of drug-likeness (QED) is 0.551. The molecule has 0 radical (unpaired) electrons. The predicted molar refractivity (Wildman–Crippen MR) is 32.0 cm³/mol. The van der Waals surface area contributed by atoms with Crippen molar-refractivity contribution in [1.82, 2.24) is 0 Å². The van der Waals surface area contributed by atoms with Gasteiger partial charge in [-0.25, -0.2) is 0 Å². The number of aliphatic hydroxyl groups is 1. The van der Waals surface area contributed by atoms with Crippen LogP contribution in [0, 0.1) is 0 Å². The van der Waals surface area contributed by atoms with E-state index >= 15 is 0 Å². The predicted octanol–water partition coefficient (Wildman–Crippen LogP) is 0.132. The molecule has 1 heterocycles. The minimum atomic E-state index is -0.349. The zero-order valence-electron chi connectivity index (χ0n) is 5.59. The molecule has 1 aliphatic heterocycles. The summed E-state index contributed by atoms with van der Waals surface area (Å²) in [6.45, 7) is 2.97. The summed E-state index contributed by atoms with van der Waals surface area (Å²) < 4.78 is 10.1. The standard InChI is InChI=1S/C6H12O3/c1-6(4-7)2-3-8-5-9-6/h7H,2-5H2,1H3. The molecule has 0 aromatic heterocycles. The molecular formula is C6H12O3. The van der Waals surface area contributed by atoms with E-state index in [2.05, 4.69) is 0 Å². The van der Waals surface area contributed by atoms with Gasteiger partial charge >= 0.3 is 0 Å². The Balaban J connectivity index is 2.37. The molecule has 0 aromatic carbocycles. The number of rotatable bonds is 1. The Hall–Kier alpha value is -0.120. The molecule has 1 atom stereocenters. The summed E-state index contributed by atoms with van der Waals surface area (Å²) in [6.07, 6.45) is 0.781. The number of hydrogen-bond donors (Lipinski definition) is 1. The van der Waals surface area contributed by atoms with Crippen LogP contribution < -0.4 is 0 Å². The van der Waals surface area contributed by atoms with Gasteiger partial charge in [0.1, 0.15) is 6.79 Å². The lowest BCUT2D eigenvalue weighted by atomic mass is 10.0. The van der Waals surface area contributed by atoms with Crippen molar-refractivity contribution in [2.45, 2.75) is 18.9 Å². The van der Waals surface area contributed by atoms with E-state index in [0.717, 1.165) is 6.42 Å². The normalized spacial score (nSPS) is 36.7. The molecule has 0 bridgehead atoms. The number of ether oxygens (including phenoxy) is 2. The summed E-state index contributed by atoms with van der Waals surface area (Å²) >= 11 is 0. The lowest BCUT2D eigenvalue weighted by molar-refractivity contribution is -0.198. The zero-order valence-corrected chi connectivity index (χ0v) is 5.59. The third-order valence-electron chi connectivity index (χ3n) is 1.60. The molecule has 0 aromatic rings. The smallest absolute Gasteiger partial charge is 0.147 e. The molecule has 1 rings (SSSR count). The van der Waals surface area contributed by atoms with Gasteiger partial charge in [0.05, 0.1) is 18.8 Å². The van der Waals surface area contributed by atoms with Crippen molar-refractivity contribution in [1.29, 1.82) is 0 Å². The molecule has 54 valence electrons. The van der Waals surface area contributed by atoms with Crippen molar-refractivity contribution in [3.8, 4) is 0 Å². The van der Waals surface area contributed by atoms with Crippen molar-refractivity contribution in [3.05, 3.63) is 0 Å².